The Bertz CT molecular complexity index is 768. The van der Waals surface area contributed by atoms with Gasteiger partial charge in [-0.25, -0.2) is 0 Å². The van der Waals surface area contributed by atoms with Gasteiger partial charge in [0.05, 0.1) is 6.04 Å². The molecule has 136 valence electrons. The van der Waals surface area contributed by atoms with Crippen LogP contribution in [-0.4, -0.2) is 47.3 Å². The summed E-state index contributed by atoms with van der Waals surface area (Å²) in [6, 6.07) is 11.2. The molecule has 2 saturated heterocycles. The lowest BCUT2D eigenvalue weighted by atomic mass is 9.87. The summed E-state index contributed by atoms with van der Waals surface area (Å²) in [5, 5.41) is 10.8. The van der Waals surface area contributed by atoms with E-state index in [0.29, 0.717) is 25.8 Å². The number of nitrogens with zero attached hydrogens (tertiary/aromatic N) is 3. The average Bonchev–Trinajstić information content (AvgIpc) is 3.33. The normalized spacial score (nSPS) is 22.4. The minimum Gasteiger partial charge on any atom is -0.349 e. The maximum absolute atomic E-state index is 13.2. The van der Waals surface area contributed by atoms with E-state index in [1.165, 1.54) is 0 Å². The highest BCUT2D eigenvalue weighted by Gasteiger charge is 2.44. The van der Waals surface area contributed by atoms with Crippen molar-refractivity contribution in [2.75, 3.05) is 24.5 Å². The molecule has 2 aliphatic heterocycles. The quantitative estimate of drug-likeness (QED) is 0.855. The highest BCUT2D eigenvalue weighted by atomic mass is 16.2. The fraction of sp³-hybridized carbons (Fsp3) is 0.421. The van der Waals surface area contributed by atoms with Crippen molar-refractivity contribution in [3.05, 3.63) is 48.8 Å². The molecule has 1 atom stereocenters. The second kappa shape index (κ2) is 6.92. The van der Waals surface area contributed by atoms with Crippen LogP contribution in [0.1, 0.15) is 19.3 Å². The smallest absolute Gasteiger partial charge is 0.248 e. The van der Waals surface area contributed by atoms with E-state index in [4.69, 9.17) is 0 Å². The van der Waals surface area contributed by atoms with Crippen LogP contribution in [0.5, 0.6) is 0 Å². The van der Waals surface area contributed by atoms with Crippen LogP contribution >= 0.6 is 0 Å². The van der Waals surface area contributed by atoms with Gasteiger partial charge in [-0.05, 0) is 44.1 Å². The molecule has 4 rings (SSSR count). The van der Waals surface area contributed by atoms with E-state index in [1.807, 2.05) is 42.6 Å². The first-order chi connectivity index (χ1) is 12.7. The highest BCUT2D eigenvalue weighted by molar-refractivity contribution is 5.97. The number of amides is 2. The maximum atomic E-state index is 13.2. The molecule has 7 nitrogen and oxygen atoms in total. The number of carbonyl (C=O) groups excluding carboxylic acids is 2. The third-order valence-corrected chi connectivity index (χ3v) is 5.32. The number of piperidine rings is 1. The van der Waals surface area contributed by atoms with E-state index >= 15 is 0 Å². The van der Waals surface area contributed by atoms with Gasteiger partial charge in [0, 0.05) is 31.0 Å². The summed E-state index contributed by atoms with van der Waals surface area (Å²) in [5.74, 6) is -0.00429. The van der Waals surface area contributed by atoms with E-state index in [9.17, 15) is 9.59 Å². The topological polar surface area (TPSA) is 79.3 Å². The van der Waals surface area contributed by atoms with Crippen molar-refractivity contribution in [2.24, 2.45) is 0 Å². The number of hydrogen-bond donors (Lipinski definition) is 2. The average molecular weight is 353 g/mol. The molecule has 0 radical (unpaired) electrons. The van der Waals surface area contributed by atoms with Crippen LogP contribution in [0.3, 0.4) is 0 Å². The van der Waals surface area contributed by atoms with Gasteiger partial charge in [-0.2, -0.15) is 5.10 Å². The number of carbonyl (C=O) groups is 2. The molecule has 1 aromatic carbocycles. The fourth-order valence-electron chi connectivity index (χ4n) is 3.90. The Morgan fingerprint density at radius 3 is 2.65 bits per heavy atom. The standard InChI is InChI=1S/C19H23N5O2/c25-17-13-15(14-23(17)16-5-2-1-3-6-16)22-18(26)19(7-10-20-11-8-19)24-12-4-9-21-24/h1-6,9,12,15,20H,7-8,10-11,13-14H2,(H,22,26). The number of aromatic nitrogens is 2. The molecule has 3 heterocycles. The van der Waals surface area contributed by atoms with Gasteiger partial charge in [-0.1, -0.05) is 18.2 Å². The van der Waals surface area contributed by atoms with Crippen LogP contribution in [0.2, 0.25) is 0 Å². The van der Waals surface area contributed by atoms with Crippen LogP contribution in [0.25, 0.3) is 0 Å². The van der Waals surface area contributed by atoms with Crippen LogP contribution in [0, 0.1) is 0 Å². The minimum absolute atomic E-state index is 0.0416. The Hall–Kier alpha value is -2.67. The van der Waals surface area contributed by atoms with Gasteiger partial charge in [0.2, 0.25) is 11.8 Å². The third-order valence-electron chi connectivity index (χ3n) is 5.32. The predicted octanol–water partition coefficient (Wildman–Crippen LogP) is 0.884. The lowest BCUT2D eigenvalue weighted by Gasteiger charge is -2.37. The number of benzene rings is 1. The summed E-state index contributed by atoms with van der Waals surface area (Å²) in [4.78, 5) is 27.3. The second-order valence-corrected chi connectivity index (χ2v) is 6.95. The van der Waals surface area contributed by atoms with Crippen LogP contribution in [0.4, 0.5) is 5.69 Å². The number of hydrogen-bond acceptors (Lipinski definition) is 4. The summed E-state index contributed by atoms with van der Waals surface area (Å²) in [6.45, 7) is 2.04. The van der Waals surface area contributed by atoms with Crippen LogP contribution in [-0.2, 0) is 15.1 Å². The molecule has 1 unspecified atom stereocenters. The molecular formula is C19H23N5O2. The van der Waals surface area contributed by atoms with Crippen molar-refractivity contribution in [3.63, 3.8) is 0 Å². The van der Waals surface area contributed by atoms with Crippen molar-refractivity contribution >= 4 is 17.5 Å². The van der Waals surface area contributed by atoms with Gasteiger partial charge in [-0.15, -0.1) is 0 Å². The predicted molar refractivity (Wildman–Crippen MR) is 97.6 cm³/mol. The monoisotopic (exact) mass is 353 g/mol. The fourth-order valence-corrected chi connectivity index (χ4v) is 3.90. The highest BCUT2D eigenvalue weighted by Crippen LogP contribution is 2.28. The Labute approximate surface area is 152 Å². The minimum atomic E-state index is -0.683. The zero-order valence-electron chi connectivity index (χ0n) is 14.6. The molecule has 7 heteroatoms. The van der Waals surface area contributed by atoms with E-state index < -0.39 is 5.54 Å². The summed E-state index contributed by atoms with van der Waals surface area (Å²) in [7, 11) is 0. The number of para-hydroxylation sites is 1. The first-order valence-electron chi connectivity index (χ1n) is 9.06. The lowest BCUT2D eigenvalue weighted by Crippen LogP contribution is -2.56. The van der Waals surface area contributed by atoms with Crippen molar-refractivity contribution in [3.8, 4) is 0 Å². The molecule has 2 N–H and O–H groups in total. The molecule has 2 amide bonds. The summed E-state index contributed by atoms with van der Waals surface area (Å²) < 4.78 is 1.77. The second-order valence-electron chi connectivity index (χ2n) is 6.95. The Balaban J connectivity index is 1.50. The van der Waals surface area contributed by atoms with Crippen molar-refractivity contribution in [1.82, 2.24) is 20.4 Å². The van der Waals surface area contributed by atoms with E-state index in [1.54, 1.807) is 15.8 Å². The lowest BCUT2D eigenvalue weighted by molar-refractivity contribution is -0.132. The molecule has 0 bridgehead atoms. The van der Waals surface area contributed by atoms with Crippen LogP contribution in [0.15, 0.2) is 48.8 Å². The molecule has 2 fully saturated rings. The Morgan fingerprint density at radius 1 is 1.19 bits per heavy atom. The number of anilines is 1. The van der Waals surface area contributed by atoms with Crippen molar-refractivity contribution in [2.45, 2.75) is 30.8 Å². The first kappa shape index (κ1) is 16.8. The number of nitrogens with one attached hydrogen (secondary N) is 2. The largest absolute Gasteiger partial charge is 0.349 e. The Morgan fingerprint density at radius 2 is 1.96 bits per heavy atom. The van der Waals surface area contributed by atoms with Gasteiger partial charge in [0.25, 0.3) is 0 Å². The van der Waals surface area contributed by atoms with Crippen LogP contribution < -0.4 is 15.5 Å². The van der Waals surface area contributed by atoms with Gasteiger partial charge in [-0.3, -0.25) is 14.3 Å². The molecule has 26 heavy (non-hydrogen) atoms. The first-order valence-corrected chi connectivity index (χ1v) is 9.06. The Kier molecular flexibility index (Phi) is 4.46. The molecule has 0 saturated carbocycles. The van der Waals surface area contributed by atoms with Gasteiger partial charge in [0.15, 0.2) is 0 Å². The zero-order chi connectivity index (χ0) is 18.0. The molecule has 2 aromatic rings. The zero-order valence-corrected chi connectivity index (χ0v) is 14.6. The SMILES string of the molecule is O=C1CC(NC(=O)C2(n3cccn3)CCNCC2)CN1c1ccccc1. The summed E-state index contributed by atoms with van der Waals surface area (Å²) in [6.07, 6.45) is 5.25. The molecule has 1 aromatic heterocycles. The number of rotatable bonds is 4. The molecule has 0 aliphatic carbocycles. The maximum Gasteiger partial charge on any atom is 0.248 e. The van der Waals surface area contributed by atoms with E-state index in [-0.39, 0.29) is 17.9 Å². The molecule has 0 spiro atoms. The van der Waals surface area contributed by atoms with Gasteiger partial charge < -0.3 is 15.5 Å². The van der Waals surface area contributed by atoms with E-state index in [0.717, 1.165) is 18.8 Å². The van der Waals surface area contributed by atoms with Gasteiger partial charge >= 0.3 is 0 Å². The summed E-state index contributed by atoms with van der Waals surface area (Å²) >= 11 is 0. The third kappa shape index (κ3) is 2.99. The van der Waals surface area contributed by atoms with Crippen molar-refractivity contribution in [1.29, 1.82) is 0 Å². The molecular weight excluding hydrogens is 330 g/mol. The van der Waals surface area contributed by atoms with Crippen molar-refractivity contribution < 1.29 is 9.59 Å². The summed E-state index contributed by atoms with van der Waals surface area (Å²) in [5.41, 5.74) is 0.190. The molecule has 2 aliphatic rings. The van der Waals surface area contributed by atoms with Gasteiger partial charge in [0.1, 0.15) is 5.54 Å². The van der Waals surface area contributed by atoms with E-state index in [2.05, 4.69) is 15.7 Å².